The first-order chi connectivity index (χ1) is 40.6. The summed E-state index contributed by atoms with van der Waals surface area (Å²) >= 11 is 6.43. The number of rotatable bonds is 16. The van der Waals surface area contributed by atoms with Crippen LogP contribution in [0, 0.1) is 17.8 Å². The Morgan fingerprint density at radius 3 is 2.20 bits per heavy atom. The molecule has 9 N–H and O–H groups in total. The smallest absolute Gasteiger partial charge is 0.477 e. The van der Waals surface area contributed by atoms with Gasteiger partial charge in [-0.25, -0.2) is 9.59 Å². The minimum absolute atomic E-state index is 0.0202. The van der Waals surface area contributed by atoms with E-state index >= 15 is 0 Å². The largest absolute Gasteiger partial charge is 0.509 e. The van der Waals surface area contributed by atoms with E-state index in [2.05, 4.69) is 21.3 Å². The van der Waals surface area contributed by atoms with Gasteiger partial charge in [-0.3, -0.25) is 24.1 Å². The summed E-state index contributed by atoms with van der Waals surface area (Å²) in [5.41, 5.74) is 1.88. The maximum atomic E-state index is 13.8. The molecule has 1 saturated carbocycles. The zero-order chi connectivity index (χ0) is 65.4. The van der Waals surface area contributed by atoms with Crippen LogP contribution in [0.5, 0.6) is 0 Å². The molecule has 494 valence electrons. The van der Waals surface area contributed by atoms with E-state index in [0.717, 1.165) is 45.6 Å². The third-order valence-electron chi connectivity index (χ3n) is 15.9. The second-order valence-corrected chi connectivity index (χ2v) is 23.5. The average Bonchev–Trinajstić information content (AvgIpc) is 1.58. The van der Waals surface area contributed by atoms with Gasteiger partial charge >= 0.3 is 18.1 Å². The number of likely N-dealkylation sites (N-methyl/N-ethyl adjacent to an activating group) is 1. The van der Waals surface area contributed by atoms with Gasteiger partial charge in [-0.15, -0.1) is 0 Å². The molecule has 0 bridgehead atoms. The first-order valence-electron chi connectivity index (χ1n) is 30.3. The van der Waals surface area contributed by atoms with Crippen molar-refractivity contribution in [3.8, 4) is 0 Å². The Bertz CT molecular complexity index is 2480. The Balaban J connectivity index is 0.000000510. The molecule has 0 spiro atoms. The SMILES string of the molecule is CC.CC1CC(N(C)C)CC(O[C@@H]2[C@@H](C)[C@H](O)C(C)C(=O)C3(C)OC(=O)OC3C(C)N(C)C[C@H](C)C[C@@]2(C)O)O1.CC1OCCC[C@H]1OC(=O)CNC(=O)CCOCCNc1cc2c(=O)c(C(=O)O)cn(C3CC3)c2cc1Cl.CCCO.CN.CO. The molecule has 1 aliphatic carbocycles. The Labute approximate surface area is 514 Å². The van der Waals surface area contributed by atoms with E-state index < -0.39 is 76.9 Å². The molecule has 7 rings (SSSR count). The van der Waals surface area contributed by atoms with E-state index in [9.17, 15) is 44.1 Å². The summed E-state index contributed by atoms with van der Waals surface area (Å²) in [7, 11) is 8.46. The maximum Gasteiger partial charge on any atom is 0.509 e. The number of amides is 1. The van der Waals surface area contributed by atoms with Crippen molar-refractivity contribution in [1.82, 2.24) is 19.7 Å². The molecule has 0 radical (unpaired) electrons. The number of benzene rings is 1. The fourth-order valence-corrected chi connectivity index (χ4v) is 11.4. The fourth-order valence-electron chi connectivity index (χ4n) is 11.2. The van der Waals surface area contributed by atoms with E-state index in [1.807, 2.05) is 79.1 Å². The van der Waals surface area contributed by atoms with Crippen molar-refractivity contribution in [1.29, 1.82) is 0 Å². The third kappa shape index (κ3) is 22.2. The maximum absolute atomic E-state index is 13.8. The summed E-state index contributed by atoms with van der Waals surface area (Å²) in [6, 6.07) is 3.32. The third-order valence-corrected chi connectivity index (χ3v) is 16.2. The Hall–Kier alpha value is -4.57. The van der Waals surface area contributed by atoms with Crippen LogP contribution in [0.2, 0.25) is 5.02 Å². The van der Waals surface area contributed by atoms with Crippen LogP contribution in [0.15, 0.2) is 23.1 Å². The number of carboxylic acids is 1. The zero-order valence-electron chi connectivity index (χ0n) is 53.9. The van der Waals surface area contributed by atoms with Crippen LogP contribution in [0.3, 0.4) is 0 Å². The van der Waals surface area contributed by atoms with E-state index in [0.29, 0.717) is 55.4 Å². The molecule has 4 aliphatic heterocycles. The lowest BCUT2D eigenvalue weighted by Crippen LogP contribution is -2.58. The highest BCUT2D eigenvalue weighted by Gasteiger charge is 2.59. The summed E-state index contributed by atoms with van der Waals surface area (Å²) in [6.45, 7) is 22.5. The molecule has 14 atom stereocenters. The van der Waals surface area contributed by atoms with Crippen molar-refractivity contribution in [2.24, 2.45) is 23.5 Å². The summed E-state index contributed by atoms with van der Waals surface area (Å²) in [4.78, 5) is 78.5. The monoisotopic (exact) mass is 1240 g/mol. The molecular weight excluding hydrogens is 1140 g/mol. The van der Waals surface area contributed by atoms with Gasteiger partial charge in [0.05, 0.1) is 59.5 Å². The number of aromatic nitrogens is 1. The average molecular weight is 1250 g/mol. The van der Waals surface area contributed by atoms with Crippen LogP contribution >= 0.6 is 11.6 Å². The topological polar surface area (TPSA) is 330 Å². The van der Waals surface area contributed by atoms with Crippen LogP contribution in [0.1, 0.15) is 150 Å². The normalized spacial score (nSPS) is 30.2. The van der Waals surface area contributed by atoms with Gasteiger partial charge in [0.25, 0.3) is 0 Å². The molecule has 25 heteroatoms. The number of ketones is 1. The van der Waals surface area contributed by atoms with Crippen molar-refractivity contribution in [3.63, 3.8) is 0 Å². The van der Waals surface area contributed by atoms with E-state index in [1.165, 1.54) is 13.2 Å². The minimum Gasteiger partial charge on any atom is -0.477 e. The molecule has 86 heavy (non-hydrogen) atoms. The van der Waals surface area contributed by atoms with E-state index in [-0.39, 0.29) is 85.4 Å². The summed E-state index contributed by atoms with van der Waals surface area (Å²) in [5, 5.41) is 54.0. The Morgan fingerprint density at radius 2 is 1.62 bits per heavy atom. The lowest BCUT2D eigenvalue weighted by Gasteiger charge is -2.45. The van der Waals surface area contributed by atoms with E-state index in [1.54, 1.807) is 39.8 Å². The van der Waals surface area contributed by atoms with Crippen molar-refractivity contribution < 1.29 is 82.7 Å². The van der Waals surface area contributed by atoms with Crippen molar-refractivity contribution >= 4 is 58.0 Å². The number of carbonyl (C=O) groups is 5. The van der Waals surface area contributed by atoms with Gasteiger partial charge in [0.1, 0.15) is 18.2 Å². The van der Waals surface area contributed by atoms with Gasteiger partial charge in [0.15, 0.2) is 18.2 Å². The fraction of sp³-hybridized carbons (Fsp3) is 0.770. The number of carboxylic acid groups (broad SMARTS) is 1. The number of aromatic carboxylic acids is 1. The lowest BCUT2D eigenvalue weighted by molar-refractivity contribution is -0.267. The highest BCUT2D eigenvalue weighted by atomic mass is 35.5. The molecule has 8 unspecified atom stereocenters. The number of carbonyl (C=O) groups excluding carboxylic acids is 4. The van der Waals surface area contributed by atoms with Crippen LogP contribution in [0.25, 0.3) is 10.9 Å². The molecule has 5 fully saturated rings. The summed E-state index contributed by atoms with van der Waals surface area (Å²) in [5.74, 6) is -4.05. The number of hydrogen-bond acceptors (Lipinski definition) is 21. The number of Topliss-reactive ketones (excluding diaryl/α,β-unsaturated/α-hetero) is 1. The summed E-state index contributed by atoms with van der Waals surface area (Å²) in [6.07, 6.45) is 2.91. The number of aliphatic hydroxyl groups excluding tert-OH is 3. The van der Waals surface area contributed by atoms with Crippen LogP contribution < -0.4 is 21.8 Å². The number of esters is 1. The molecule has 24 nitrogen and oxygen atoms in total. The second kappa shape index (κ2) is 37.4. The van der Waals surface area contributed by atoms with E-state index in [4.69, 9.17) is 55.0 Å². The number of nitrogens with zero attached hydrogens (tertiary/aromatic N) is 3. The van der Waals surface area contributed by atoms with Crippen molar-refractivity contribution in [3.05, 3.63) is 39.1 Å². The second-order valence-electron chi connectivity index (χ2n) is 23.1. The van der Waals surface area contributed by atoms with Crippen LogP contribution in [-0.4, -0.2) is 217 Å². The number of ether oxygens (including phenoxy) is 7. The van der Waals surface area contributed by atoms with Crippen molar-refractivity contribution in [2.45, 2.75) is 206 Å². The van der Waals surface area contributed by atoms with Gasteiger partial charge in [0.2, 0.25) is 16.9 Å². The van der Waals surface area contributed by atoms with Crippen molar-refractivity contribution in [2.75, 3.05) is 86.7 Å². The number of aliphatic hydroxyl groups is 4. The van der Waals surface area contributed by atoms with Crippen LogP contribution in [0.4, 0.5) is 10.5 Å². The zero-order valence-corrected chi connectivity index (χ0v) is 54.6. The molecular formula is C61H105ClN6O18. The highest BCUT2D eigenvalue weighted by Crippen LogP contribution is 2.41. The molecule has 1 aromatic heterocycles. The number of hydrogen-bond donors (Lipinski definition) is 8. The number of nitrogens with two attached hydrogens (primary N) is 1. The number of pyridine rings is 1. The number of fused-ring (bicyclic) bond motifs is 2. The van der Waals surface area contributed by atoms with Gasteiger partial charge < -0.3 is 84.5 Å². The van der Waals surface area contributed by atoms with Crippen LogP contribution in [-0.2, 0) is 47.5 Å². The molecule has 1 aromatic carbocycles. The van der Waals surface area contributed by atoms with Gasteiger partial charge in [-0.05, 0) is 126 Å². The van der Waals surface area contributed by atoms with Gasteiger partial charge in [0, 0.05) is 87.8 Å². The quantitative estimate of drug-likeness (QED) is 0.0731. The standard InChI is InChI=1S/C28H50N2O8.C26H32ClN3O8.C3H8O.C2H6.CH5N.CH4O/c1-15-13-27(6,34)24(36-21-12-20(29(8)9)11-16(2)35-21)18(4)22(31)17(3)23(32)28(7)25(37-26(33)38-28)19(5)30(10)14-15;1-15-22(3-2-8-37-15)38-24(32)13-29-23(31)6-9-36-10-7-28-20-11-17-21(12-19(20)27)30(16-4-5-16)14-18(25(17)33)26(34)35;1-2-3-4;3*1-2/h15-22,24-25,31,34H,11-14H2,1-10H3;11-12,14-16,22,28H,2-10,13H2,1H3,(H,29,31)(H,34,35);4H,2-3H2,1H3;1-2H3;2H2,1H3;2H,1H3/t15-,16?,17?,18+,19?,20?,21?,22-,24-,25?,27-,28?;15?,22-;;;;/m11..../s1. The lowest BCUT2D eigenvalue weighted by atomic mass is 9.75. The first-order valence-corrected chi connectivity index (χ1v) is 30.7. The molecule has 4 saturated heterocycles. The first kappa shape index (κ1) is 77.5. The molecule has 5 heterocycles. The number of anilines is 1. The minimum atomic E-state index is -1.55. The highest BCUT2D eigenvalue weighted by molar-refractivity contribution is 6.34. The summed E-state index contributed by atoms with van der Waals surface area (Å²) < 4.78 is 41.8. The number of nitrogens with one attached hydrogen (secondary N) is 2. The Morgan fingerprint density at radius 1 is 0.977 bits per heavy atom. The molecule has 1 amide bonds. The number of halogens is 1. The predicted octanol–water partition coefficient (Wildman–Crippen LogP) is 5.77. The van der Waals surface area contributed by atoms with Gasteiger partial charge in [-0.1, -0.05) is 53.1 Å². The molecule has 5 aliphatic rings. The Kier molecular flexibility index (Phi) is 33.7. The predicted molar refractivity (Wildman–Crippen MR) is 328 cm³/mol. The molecule has 2 aromatic rings. The van der Waals surface area contributed by atoms with Gasteiger partial charge in [-0.2, -0.15) is 0 Å².